The van der Waals surface area contributed by atoms with Crippen molar-refractivity contribution >= 4 is 11.8 Å². The fourth-order valence-corrected chi connectivity index (χ4v) is 1.99. The number of nitrogens with one attached hydrogen (secondary N) is 1. The summed E-state index contributed by atoms with van der Waals surface area (Å²) in [6.07, 6.45) is 5.66. The third-order valence-electron chi connectivity index (χ3n) is 2.06. The summed E-state index contributed by atoms with van der Waals surface area (Å²) in [7, 11) is 1.87. The van der Waals surface area contributed by atoms with Crippen LogP contribution in [0.15, 0.2) is 11.9 Å². The van der Waals surface area contributed by atoms with Crippen LogP contribution >= 0.6 is 11.8 Å². The Hall–Kier alpha value is -0.0200. The molecule has 3 heteroatoms. The van der Waals surface area contributed by atoms with E-state index in [0.717, 1.165) is 12.8 Å². The lowest BCUT2D eigenvalue weighted by atomic mass is 10.0. The van der Waals surface area contributed by atoms with Gasteiger partial charge in [0.15, 0.2) is 0 Å². The molecule has 0 fully saturated rings. The number of hydrogen-bond acceptors (Lipinski definition) is 2. The van der Waals surface area contributed by atoms with Crippen LogP contribution < -0.4 is 5.32 Å². The first-order chi connectivity index (χ1) is 5.27. The molecule has 2 atom stereocenters. The summed E-state index contributed by atoms with van der Waals surface area (Å²) in [4.78, 5) is 0. The quantitative estimate of drug-likeness (QED) is 0.688. The van der Waals surface area contributed by atoms with Crippen molar-refractivity contribution in [2.75, 3.05) is 13.3 Å². The molecule has 1 aliphatic carbocycles. The van der Waals surface area contributed by atoms with E-state index < -0.39 is 0 Å². The van der Waals surface area contributed by atoms with E-state index in [2.05, 4.69) is 5.32 Å². The van der Waals surface area contributed by atoms with Gasteiger partial charge in [0, 0.05) is 6.04 Å². The molecular weight excluding hydrogens is 161 g/mol. The molecule has 0 bridgehead atoms. The summed E-state index contributed by atoms with van der Waals surface area (Å²) in [6, 6.07) is 0.249. The number of rotatable bonds is 2. The number of hydrogen-bond donors (Lipinski definition) is 1. The second-order valence-electron chi connectivity index (χ2n) is 2.75. The van der Waals surface area contributed by atoms with Gasteiger partial charge in [0.05, 0.1) is 5.25 Å². The smallest absolute Gasteiger partial charge is 0.110 e. The van der Waals surface area contributed by atoms with E-state index in [1.807, 2.05) is 13.3 Å². The maximum atomic E-state index is 13.1. The van der Waals surface area contributed by atoms with Crippen LogP contribution in [-0.4, -0.2) is 24.6 Å². The predicted molar refractivity (Wildman–Crippen MR) is 48.6 cm³/mol. The van der Waals surface area contributed by atoms with E-state index in [0.29, 0.717) is 0 Å². The van der Waals surface area contributed by atoms with Gasteiger partial charge in [-0.2, -0.15) is 11.8 Å². The molecule has 0 radical (unpaired) electrons. The van der Waals surface area contributed by atoms with Crippen LogP contribution in [0.4, 0.5) is 4.39 Å². The molecule has 0 saturated heterocycles. The third-order valence-corrected chi connectivity index (χ3v) is 3.09. The third kappa shape index (κ3) is 2.20. The Balaban J connectivity index is 2.56. The average molecular weight is 175 g/mol. The maximum absolute atomic E-state index is 13.1. The molecule has 11 heavy (non-hydrogen) atoms. The topological polar surface area (TPSA) is 12.0 Å². The minimum atomic E-state index is 0.0445. The number of likely N-dealkylation sites (N-methyl/N-ethyl adjacent to an activating group) is 1. The Bertz CT molecular complexity index is 158. The minimum absolute atomic E-state index is 0.0445. The molecule has 1 N–H and O–H groups in total. The van der Waals surface area contributed by atoms with E-state index in [1.54, 1.807) is 17.8 Å². The molecular formula is C8H14FNS. The van der Waals surface area contributed by atoms with Gasteiger partial charge < -0.3 is 5.32 Å². The summed E-state index contributed by atoms with van der Waals surface area (Å²) >= 11 is 1.60. The first kappa shape index (κ1) is 9.07. The molecule has 0 amide bonds. The van der Waals surface area contributed by atoms with Crippen molar-refractivity contribution in [2.24, 2.45) is 0 Å². The highest BCUT2D eigenvalue weighted by molar-refractivity contribution is 7.99. The van der Waals surface area contributed by atoms with E-state index in [-0.39, 0.29) is 17.1 Å². The molecule has 1 aliphatic rings. The number of halogens is 1. The Morgan fingerprint density at radius 2 is 2.36 bits per heavy atom. The summed E-state index contributed by atoms with van der Waals surface area (Å²) in [5.74, 6) is 0.0445. The molecule has 1 nitrogen and oxygen atoms in total. The second-order valence-corrected chi connectivity index (χ2v) is 3.79. The fraction of sp³-hybridized carbons (Fsp3) is 0.750. The van der Waals surface area contributed by atoms with E-state index in [1.165, 1.54) is 0 Å². The SMILES string of the molecule is CNC1C=C(F)C(SC)CC1. The van der Waals surface area contributed by atoms with Gasteiger partial charge in [-0.1, -0.05) is 0 Å². The highest BCUT2D eigenvalue weighted by Crippen LogP contribution is 2.28. The Morgan fingerprint density at radius 1 is 1.64 bits per heavy atom. The summed E-state index contributed by atoms with van der Waals surface area (Å²) < 4.78 is 13.1. The first-order valence-electron chi connectivity index (χ1n) is 3.85. The first-order valence-corrected chi connectivity index (χ1v) is 5.14. The van der Waals surface area contributed by atoms with Crippen molar-refractivity contribution in [3.8, 4) is 0 Å². The highest BCUT2D eigenvalue weighted by atomic mass is 32.2. The lowest BCUT2D eigenvalue weighted by Crippen LogP contribution is -2.28. The predicted octanol–water partition coefficient (Wildman–Crippen LogP) is 1.95. The van der Waals surface area contributed by atoms with Crippen LogP contribution in [-0.2, 0) is 0 Å². The van der Waals surface area contributed by atoms with Crippen molar-refractivity contribution in [3.05, 3.63) is 11.9 Å². The maximum Gasteiger partial charge on any atom is 0.110 e. The van der Waals surface area contributed by atoms with Crippen LogP contribution in [0.5, 0.6) is 0 Å². The lowest BCUT2D eigenvalue weighted by molar-refractivity contribution is 0.487. The molecule has 2 unspecified atom stereocenters. The van der Waals surface area contributed by atoms with Gasteiger partial charge in [0.25, 0.3) is 0 Å². The minimum Gasteiger partial charge on any atom is -0.313 e. The van der Waals surface area contributed by atoms with E-state index in [9.17, 15) is 4.39 Å². The molecule has 0 aromatic rings. The van der Waals surface area contributed by atoms with Crippen molar-refractivity contribution in [3.63, 3.8) is 0 Å². The largest absolute Gasteiger partial charge is 0.313 e. The van der Waals surface area contributed by atoms with E-state index in [4.69, 9.17) is 0 Å². The van der Waals surface area contributed by atoms with Crippen LogP contribution in [0.1, 0.15) is 12.8 Å². The molecule has 1 rings (SSSR count). The van der Waals surface area contributed by atoms with Gasteiger partial charge in [0.2, 0.25) is 0 Å². The van der Waals surface area contributed by atoms with Gasteiger partial charge in [-0.05, 0) is 32.2 Å². The monoisotopic (exact) mass is 175 g/mol. The Kier molecular flexibility index (Phi) is 3.40. The zero-order chi connectivity index (χ0) is 8.27. The van der Waals surface area contributed by atoms with Gasteiger partial charge in [0.1, 0.15) is 5.83 Å². The second kappa shape index (κ2) is 4.12. The standard InChI is InChI=1S/C8H14FNS/c1-10-6-3-4-8(11-2)7(9)5-6/h5-6,8,10H,3-4H2,1-2H3. The van der Waals surface area contributed by atoms with Gasteiger partial charge in [-0.15, -0.1) is 0 Å². The van der Waals surface area contributed by atoms with Gasteiger partial charge in [-0.3, -0.25) is 0 Å². The normalized spacial score (nSPS) is 31.7. The molecule has 0 aromatic heterocycles. The zero-order valence-electron chi connectivity index (χ0n) is 6.93. The van der Waals surface area contributed by atoms with Gasteiger partial charge in [-0.25, -0.2) is 4.39 Å². The van der Waals surface area contributed by atoms with Crippen molar-refractivity contribution in [1.82, 2.24) is 5.32 Å². The molecule has 0 aliphatic heterocycles. The molecule has 0 aromatic carbocycles. The van der Waals surface area contributed by atoms with Crippen LogP contribution in [0.25, 0.3) is 0 Å². The summed E-state index contributed by atoms with van der Waals surface area (Å²) in [6.45, 7) is 0. The lowest BCUT2D eigenvalue weighted by Gasteiger charge is -2.22. The molecule has 0 spiro atoms. The Morgan fingerprint density at radius 3 is 2.82 bits per heavy atom. The van der Waals surface area contributed by atoms with E-state index >= 15 is 0 Å². The van der Waals surface area contributed by atoms with Crippen molar-refractivity contribution in [1.29, 1.82) is 0 Å². The van der Waals surface area contributed by atoms with Crippen molar-refractivity contribution < 1.29 is 4.39 Å². The summed E-state index contributed by atoms with van der Waals surface area (Å²) in [5.41, 5.74) is 0. The van der Waals surface area contributed by atoms with Gasteiger partial charge >= 0.3 is 0 Å². The Labute approximate surface area is 71.4 Å². The molecule has 64 valence electrons. The average Bonchev–Trinajstić information content (AvgIpc) is 2.04. The molecule has 0 saturated carbocycles. The fourth-order valence-electron chi connectivity index (χ4n) is 1.31. The highest BCUT2D eigenvalue weighted by Gasteiger charge is 2.20. The number of thioether (sulfide) groups is 1. The van der Waals surface area contributed by atoms with Crippen LogP contribution in [0.3, 0.4) is 0 Å². The van der Waals surface area contributed by atoms with Crippen LogP contribution in [0, 0.1) is 0 Å². The molecule has 0 heterocycles. The zero-order valence-corrected chi connectivity index (χ0v) is 7.75. The van der Waals surface area contributed by atoms with Crippen LogP contribution in [0.2, 0.25) is 0 Å². The summed E-state index contributed by atoms with van der Waals surface area (Å²) in [5, 5.41) is 3.16. The van der Waals surface area contributed by atoms with Crippen molar-refractivity contribution in [2.45, 2.75) is 24.1 Å².